The first kappa shape index (κ1) is 28.8. The van der Waals surface area contributed by atoms with Gasteiger partial charge in [-0.2, -0.15) is 29.0 Å². The normalized spacial score (nSPS) is 9.54. The van der Waals surface area contributed by atoms with E-state index in [9.17, 15) is 0 Å². The number of hydrogen-bond donors (Lipinski definition) is 0. The predicted molar refractivity (Wildman–Crippen MR) is 119 cm³/mol. The number of thioether (sulfide) groups is 1. The minimum atomic E-state index is -1.13. The molecule has 2 radical (unpaired) electrons. The maximum absolute atomic E-state index is 5.96. The molecule has 0 bridgehead atoms. The maximum atomic E-state index is 5.96. The molecule has 2 aromatic rings. The molecule has 0 unspecified atom stereocenters. The van der Waals surface area contributed by atoms with E-state index in [4.69, 9.17) is 42.3 Å². The van der Waals surface area contributed by atoms with E-state index in [0.717, 1.165) is 23.0 Å². The summed E-state index contributed by atoms with van der Waals surface area (Å²) in [5, 5.41) is 2.54. The van der Waals surface area contributed by atoms with Crippen LogP contribution in [0.25, 0.3) is 0 Å². The molecule has 0 spiro atoms. The fourth-order valence-corrected chi connectivity index (χ4v) is 5.22. The summed E-state index contributed by atoms with van der Waals surface area (Å²) in [6.45, 7) is 0.646. The van der Waals surface area contributed by atoms with Crippen molar-refractivity contribution in [1.29, 1.82) is 0 Å². The molecule has 2 rings (SSSR count). The van der Waals surface area contributed by atoms with E-state index < -0.39 is 9.04 Å². The first-order chi connectivity index (χ1) is 11.8. The number of hydrogen-bond acceptors (Lipinski definition) is 5. The Labute approximate surface area is 194 Å². The van der Waals surface area contributed by atoms with Crippen molar-refractivity contribution in [2.75, 3.05) is 35.4 Å². The topological polar surface area (TPSA) is 37.7 Å². The first-order valence-corrected chi connectivity index (χ1v) is 12.1. The summed E-state index contributed by atoms with van der Waals surface area (Å²) in [7, 11) is -1.13. The van der Waals surface area contributed by atoms with Crippen LogP contribution in [-0.4, -0.2) is 44.4 Å². The fourth-order valence-electron chi connectivity index (χ4n) is 1.88. The molecular weight excluding hydrogens is 591 g/mol. The predicted octanol–water partition coefficient (Wildman–Crippen LogP) is 2.05. The molecule has 2 aromatic carbocycles. The van der Waals surface area contributed by atoms with Crippen molar-refractivity contribution in [2.24, 2.45) is 0 Å². The van der Waals surface area contributed by atoms with Gasteiger partial charge in [-0.3, -0.25) is 0 Å². The van der Waals surface area contributed by atoms with Crippen LogP contribution in [0.15, 0.2) is 60.7 Å². The zero-order valence-electron chi connectivity index (χ0n) is 14.3. The quantitative estimate of drug-likeness (QED) is 0.246. The van der Waals surface area contributed by atoms with E-state index in [1.165, 1.54) is 10.4 Å². The van der Waals surface area contributed by atoms with Crippen LogP contribution in [0.1, 0.15) is 0 Å². The third-order valence-corrected chi connectivity index (χ3v) is 7.14. The average Bonchev–Trinajstić information content (AvgIpc) is 2.65. The molecule has 2 nitrogen and oxygen atoms in total. The van der Waals surface area contributed by atoms with Gasteiger partial charge in [-0.15, -0.1) is 0 Å². The average molecular weight is 613 g/mol. The van der Waals surface area contributed by atoms with Gasteiger partial charge in [-0.25, -0.2) is 0 Å². The van der Waals surface area contributed by atoms with Gasteiger partial charge in [0, 0.05) is 27.0 Å². The molecule has 146 valence electrons. The maximum Gasteiger partial charge on any atom is 0.282 e. The van der Waals surface area contributed by atoms with Crippen LogP contribution >= 0.6 is 11.8 Å². The Morgan fingerprint density at radius 2 is 1.15 bits per heavy atom. The van der Waals surface area contributed by atoms with Crippen molar-refractivity contribution in [1.82, 2.24) is 0 Å². The van der Waals surface area contributed by atoms with E-state index >= 15 is 0 Å². The Bertz CT molecular complexity index is 480. The van der Waals surface area contributed by atoms with E-state index in [-0.39, 0.29) is 25.9 Å². The Hall–Kier alpha value is 0.639. The van der Waals surface area contributed by atoms with Crippen molar-refractivity contribution in [3.05, 3.63) is 60.7 Å². The van der Waals surface area contributed by atoms with Crippen molar-refractivity contribution in [3.8, 4) is 0 Å². The van der Waals surface area contributed by atoms with Gasteiger partial charge in [0.25, 0.3) is 9.04 Å². The third kappa shape index (κ3) is 12.9. The molecule has 0 amide bonds. The summed E-state index contributed by atoms with van der Waals surface area (Å²) in [4.78, 5) is 0. The molecule has 0 heterocycles. The second kappa shape index (κ2) is 20.4. The Morgan fingerprint density at radius 3 is 1.50 bits per heavy atom. The SMILES string of the molecule is [O-2].[Re].[S-]CCO[Si](c1ccccc1)c1ccccc1.[S-]CCSCC[S-]. The van der Waals surface area contributed by atoms with Crippen LogP contribution in [0.5, 0.6) is 0 Å². The molecule has 0 aliphatic carbocycles. The Balaban J connectivity index is 0. The van der Waals surface area contributed by atoms with E-state index in [1.54, 1.807) is 0 Å². The molecule has 0 saturated heterocycles. The largest absolute Gasteiger partial charge is 2.00 e. The van der Waals surface area contributed by atoms with Gasteiger partial charge in [-0.05, 0) is 21.9 Å². The minimum absolute atomic E-state index is 0. The van der Waals surface area contributed by atoms with Crippen LogP contribution in [0.3, 0.4) is 0 Å². The second-order valence-electron chi connectivity index (χ2n) is 4.63. The number of benzene rings is 2. The second-order valence-corrected chi connectivity index (χ2v) is 9.19. The monoisotopic (exact) mass is 613 g/mol. The molecule has 26 heavy (non-hydrogen) atoms. The van der Waals surface area contributed by atoms with Crippen molar-refractivity contribution < 1.29 is 30.3 Å². The minimum Gasteiger partial charge on any atom is -2.00 e. The van der Waals surface area contributed by atoms with E-state index in [2.05, 4.69) is 48.5 Å². The number of rotatable bonds is 9. The Morgan fingerprint density at radius 1 is 0.731 bits per heavy atom. The van der Waals surface area contributed by atoms with Crippen LogP contribution in [0.2, 0.25) is 0 Å². The van der Waals surface area contributed by atoms with Gasteiger partial charge in [0.1, 0.15) is 0 Å². The molecule has 8 heteroatoms. The van der Waals surface area contributed by atoms with Gasteiger partial charge in [0.05, 0.1) is 0 Å². The van der Waals surface area contributed by atoms with Crippen LogP contribution in [-0.2, 0) is 68.2 Å². The van der Waals surface area contributed by atoms with Crippen LogP contribution in [0.4, 0.5) is 0 Å². The first-order valence-electron chi connectivity index (χ1n) is 7.76. The van der Waals surface area contributed by atoms with Crippen LogP contribution in [0, 0.1) is 0 Å². The molecule has 0 aliphatic heterocycles. The fraction of sp³-hybridized carbons (Fsp3) is 0.333. The summed E-state index contributed by atoms with van der Waals surface area (Å²) in [5.41, 5.74) is 0. The zero-order chi connectivity index (χ0) is 17.5. The van der Waals surface area contributed by atoms with Gasteiger partial charge in [0.2, 0.25) is 0 Å². The van der Waals surface area contributed by atoms with E-state index in [0.29, 0.717) is 12.4 Å². The molecule has 0 atom stereocenters. The third-order valence-electron chi connectivity index (χ3n) is 2.86. The Kier molecular flexibility index (Phi) is 22.6. The van der Waals surface area contributed by atoms with Crippen molar-refractivity contribution >= 4 is 69.1 Å². The van der Waals surface area contributed by atoms with Crippen LogP contribution < -0.4 is 10.4 Å². The molecule has 0 N–H and O–H groups in total. The van der Waals surface area contributed by atoms with Crippen molar-refractivity contribution in [2.45, 2.75) is 0 Å². The molecule has 0 fully saturated rings. The molecule has 0 saturated carbocycles. The summed E-state index contributed by atoms with van der Waals surface area (Å²) in [5.74, 6) is 4.55. The van der Waals surface area contributed by atoms with Gasteiger partial charge in [-0.1, -0.05) is 60.7 Å². The molecule has 0 aromatic heterocycles. The van der Waals surface area contributed by atoms with E-state index in [1.807, 2.05) is 23.9 Å². The molecular formula is C18H22O2ReS4Si-5. The van der Waals surface area contributed by atoms with Gasteiger partial charge in [0.15, 0.2) is 0 Å². The van der Waals surface area contributed by atoms with Gasteiger partial charge >= 0.3 is 0 Å². The smallest absolute Gasteiger partial charge is 0.282 e. The zero-order valence-corrected chi connectivity index (χ0v) is 21.3. The molecule has 0 aliphatic rings. The van der Waals surface area contributed by atoms with Gasteiger partial charge < -0.3 is 47.8 Å². The van der Waals surface area contributed by atoms with Crippen molar-refractivity contribution in [3.63, 3.8) is 0 Å². The summed E-state index contributed by atoms with van der Waals surface area (Å²) >= 11 is 16.2. The summed E-state index contributed by atoms with van der Waals surface area (Å²) in [6, 6.07) is 20.8. The summed E-state index contributed by atoms with van der Waals surface area (Å²) in [6.07, 6.45) is 0. The summed E-state index contributed by atoms with van der Waals surface area (Å²) < 4.78 is 5.96. The standard InChI is InChI=1S/C14H15OSSi.C4H10S3.O.Re/c16-12-11-15-17(13-7-3-1-4-8-13)14-9-5-2-6-10-14;5-1-3-7-4-2-6;;/h1-10,16H,11-12H2;5-6H,1-4H2;;/q;;-2;/p-3.